The number of nitrogens with one attached hydrogen (secondary N) is 1. The van der Waals surface area contributed by atoms with E-state index in [4.69, 9.17) is 10.5 Å². The molecule has 0 aliphatic heterocycles. The third-order valence-electron chi connectivity index (χ3n) is 4.10. The summed E-state index contributed by atoms with van der Waals surface area (Å²) >= 11 is 0. The molecule has 0 saturated heterocycles. The van der Waals surface area contributed by atoms with Crippen molar-refractivity contribution < 1.29 is 14.2 Å². The van der Waals surface area contributed by atoms with Crippen molar-refractivity contribution in [3.8, 4) is 22.8 Å². The Hall–Kier alpha value is -4.54. The maximum absolute atomic E-state index is 12.8. The number of hydrogen-bond donors (Lipinski definition) is 2. The van der Waals surface area contributed by atoms with E-state index in [9.17, 15) is 4.79 Å². The number of benzene rings is 2. The van der Waals surface area contributed by atoms with Gasteiger partial charge in [0.25, 0.3) is 5.91 Å². The van der Waals surface area contributed by atoms with Crippen LogP contribution >= 0.6 is 0 Å². The number of carbonyl (C=O) groups excluding carboxylic acids is 1. The molecule has 11 nitrogen and oxygen atoms in total. The Balaban J connectivity index is 1.72. The maximum Gasteiger partial charge on any atom is 0.294 e. The number of carbonyl (C=O) groups is 1. The lowest BCUT2D eigenvalue weighted by Crippen LogP contribution is -2.19. The molecule has 11 heteroatoms. The van der Waals surface area contributed by atoms with Crippen LogP contribution in [0.3, 0.4) is 0 Å². The third kappa shape index (κ3) is 3.71. The summed E-state index contributed by atoms with van der Waals surface area (Å²) in [6.07, 6.45) is 1.52. The zero-order valence-electron chi connectivity index (χ0n) is 15.8. The van der Waals surface area contributed by atoms with Gasteiger partial charge in [-0.2, -0.15) is 9.78 Å². The lowest BCUT2D eigenvalue weighted by atomic mass is 10.1. The summed E-state index contributed by atoms with van der Waals surface area (Å²) in [5, 5.41) is 19.3. The Labute approximate surface area is 170 Å². The van der Waals surface area contributed by atoms with Gasteiger partial charge in [-0.05, 0) is 28.0 Å². The molecule has 0 atom stereocenters. The first-order valence-electron chi connectivity index (χ1n) is 8.74. The van der Waals surface area contributed by atoms with Gasteiger partial charge in [0, 0.05) is 5.56 Å². The number of amides is 1. The second-order valence-corrected chi connectivity index (χ2v) is 6.01. The summed E-state index contributed by atoms with van der Waals surface area (Å²) in [6.45, 7) is 0. The molecule has 2 heterocycles. The molecule has 0 fully saturated rings. The van der Waals surface area contributed by atoms with E-state index >= 15 is 0 Å². The minimum Gasteiger partial charge on any atom is -0.497 e. The van der Waals surface area contributed by atoms with E-state index < -0.39 is 5.91 Å². The number of ether oxygens (including phenoxy) is 1. The van der Waals surface area contributed by atoms with Crippen molar-refractivity contribution in [2.75, 3.05) is 12.8 Å². The average molecular weight is 404 g/mol. The van der Waals surface area contributed by atoms with Crippen molar-refractivity contribution in [2.24, 2.45) is 5.10 Å². The lowest BCUT2D eigenvalue weighted by molar-refractivity contribution is 0.0950. The van der Waals surface area contributed by atoms with Crippen LogP contribution in [0.5, 0.6) is 5.75 Å². The van der Waals surface area contributed by atoms with Gasteiger partial charge in [-0.25, -0.2) is 10.1 Å². The van der Waals surface area contributed by atoms with E-state index in [1.165, 1.54) is 10.9 Å². The van der Waals surface area contributed by atoms with Gasteiger partial charge in [-0.15, -0.1) is 5.10 Å². The van der Waals surface area contributed by atoms with Gasteiger partial charge in [-0.3, -0.25) is 4.79 Å². The summed E-state index contributed by atoms with van der Waals surface area (Å²) in [7, 11) is 1.54. The monoisotopic (exact) mass is 404 g/mol. The molecule has 0 aliphatic rings. The highest BCUT2D eigenvalue weighted by Gasteiger charge is 2.25. The van der Waals surface area contributed by atoms with Gasteiger partial charge in [-0.1, -0.05) is 47.7 Å². The van der Waals surface area contributed by atoms with Crippen molar-refractivity contribution in [3.63, 3.8) is 0 Å². The molecule has 30 heavy (non-hydrogen) atoms. The van der Waals surface area contributed by atoms with Gasteiger partial charge in [0.1, 0.15) is 11.4 Å². The molecular formula is C19H16N8O3. The first kappa shape index (κ1) is 18.8. The molecule has 0 aliphatic carbocycles. The molecule has 4 rings (SSSR count). The van der Waals surface area contributed by atoms with E-state index in [2.05, 4.69) is 35.8 Å². The summed E-state index contributed by atoms with van der Waals surface area (Å²) in [5.74, 6) is 0.117. The Morgan fingerprint density at radius 3 is 2.77 bits per heavy atom. The quantitative estimate of drug-likeness (QED) is 0.364. The van der Waals surface area contributed by atoms with E-state index in [0.717, 1.165) is 5.56 Å². The Bertz CT molecular complexity index is 1200. The Kier molecular flexibility index (Phi) is 5.16. The maximum atomic E-state index is 12.8. The van der Waals surface area contributed by atoms with E-state index in [0.29, 0.717) is 17.0 Å². The normalized spacial score (nSPS) is 11.0. The van der Waals surface area contributed by atoms with Gasteiger partial charge in [0.2, 0.25) is 11.6 Å². The largest absolute Gasteiger partial charge is 0.497 e. The molecule has 2 aromatic carbocycles. The highest BCUT2D eigenvalue weighted by Crippen LogP contribution is 2.28. The lowest BCUT2D eigenvalue weighted by Gasteiger charge is -2.07. The number of anilines is 1. The fourth-order valence-corrected chi connectivity index (χ4v) is 2.71. The standard InChI is InChI=1S/C19H16N8O3/c1-29-14-9-5-8-13(10-14)16-15(22-26-27(16)18-17(20)24-30-25-18)19(28)23-21-11-12-6-3-2-4-7-12/h2-11H,1H3,(H2,20,24)(H,23,28)/b21-11+. The Morgan fingerprint density at radius 1 is 1.20 bits per heavy atom. The molecule has 0 unspecified atom stereocenters. The first-order chi connectivity index (χ1) is 14.7. The first-order valence-corrected chi connectivity index (χ1v) is 8.74. The number of nitrogen functional groups attached to an aromatic ring is 1. The number of rotatable bonds is 6. The van der Waals surface area contributed by atoms with Crippen LogP contribution in [0.25, 0.3) is 17.1 Å². The van der Waals surface area contributed by atoms with Crippen molar-refractivity contribution >= 4 is 17.9 Å². The van der Waals surface area contributed by atoms with Crippen LogP contribution in [0.1, 0.15) is 16.1 Å². The third-order valence-corrected chi connectivity index (χ3v) is 4.10. The predicted molar refractivity (Wildman–Crippen MR) is 107 cm³/mol. The second kappa shape index (κ2) is 8.22. The summed E-state index contributed by atoms with van der Waals surface area (Å²) in [6, 6.07) is 16.4. The van der Waals surface area contributed by atoms with Crippen LogP contribution < -0.4 is 15.9 Å². The number of nitrogens with zero attached hydrogens (tertiary/aromatic N) is 6. The molecular weight excluding hydrogens is 388 g/mol. The highest BCUT2D eigenvalue weighted by molar-refractivity contribution is 5.98. The topological polar surface area (TPSA) is 146 Å². The van der Waals surface area contributed by atoms with Crippen molar-refractivity contribution in [3.05, 3.63) is 65.9 Å². The summed E-state index contributed by atoms with van der Waals surface area (Å²) in [4.78, 5) is 12.8. The SMILES string of the molecule is COc1cccc(-c2c(C(=O)N/N=C/c3ccccc3)nnn2-c2nonc2N)c1. The summed E-state index contributed by atoms with van der Waals surface area (Å²) < 4.78 is 11.2. The number of nitrogens with two attached hydrogens (primary N) is 1. The minimum atomic E-state index is -0.568. The molecule has 0 spiro atoms. The van der Waals surface area contributed by atoms with Gasteiger partial charge in [0.15, 0.2) is 5.69 Å². The van der Waals surface area contributed by atoms with Crippen LogP contribution in [0.4, 0.5) is 5.82 Å². The average Bonchev–Trinajstić information content (AvgIpc) is 3.40. The molecule has 0 saturated carbocycles. The summed E-state index contributed by atoms with van der Waals surface area (Å²) in [5.41, 5.74) is 10.0. The van der Waals surface area contributed by atoms with Crippen molar-refractivity contribution in [1.29, 1.82) is 0 Å². The predicted octanol–water partition coefficient (Wildman–Crippen LogP) is 1.67. The highest BCUT2D eigenvalue weighted by atomic mass is 16.6. The fraction of sp³-hybridized carbons (Fsp3) is 0.0526. The van der Waals surface area contributed by atoms with Gasteiger partial charge in [0.05, 0.1) is 13.3 Å². The molecule has 0 bridgehead atoms. The molecule has 0 radical (unpaired) electrons. The van der Waals surface area contributed by atoms with Gasteiger partial charge < -0.3 is 10.5 Å². The number of aromatic nitrogens is 5. The second-order valence-electron chi connectivity index (χ2n) is 6.01. The van der Waals surface area contributed by atoms with E-state index in [1.54, 1.807) is 31.4 Å². The fourth-order valence-electron chi connectivity index (χ4n) is 2.71. The molecule has 150 valence electrons. The molecule has 2 aromatic heterocycles. The van der Waals surface area contributed by atoms with Crippen molar-refractivity contribution in [2.45, 2.75) is 0 Å². The zero-order valence-corrected chi connectivity index (χ0v) is 15.8. The van der Waals surface area contributed by atoms with Crippen molar-refractivity contribution in [1.82, 2.24) is 30.7 Å². The Morgan fingerprint density at radius 2 is 2.03 bits per heavy atom. The molecule has 3 N–H and O–H groups in total. The van der Waals surface area contributed by atoms with Crippen LogP contribution in [-0.4, -0.2) is 44.5 Å². The van der Waals surface area contributed by atoms with E-state index in [1.807, 2.05) is 30.3 Å². The van der Waals surface area contributed by atoms with Crippen LogP contribution in [0, 0.1) is 0 Å². The number of hydrogen-bond acceptors (Lipinski definition) is 9. The van der Waals surface area contributed by atoms with E-state index in [-0.39, 0.29) is 17.3 Å². The molecule has 1 amide bonds. The smallest absolute Gasteiger partial charge is 0.294 e. The van der Waals surface area contributed by atoms with Crippen LogP contribution in [-0.2, 0) is 0 Å². The van der Waals surface area contributed by atoms with Gasteiger partial charge >= 0.3 is 0 Å². The van der Waals surface area contributed by atoms with Crippen LogP contribution in [0.2, 0.25) is 0 Å². The number of methoxy groups -OCH3 is 1. The zero-order chi connectivity index (χ0) is 20.9. The molecule has 4 aromatic rings. The minimum absolute atomic E-state index is 0.00176. The van der Waals surface area contributed by atoms with Crippen LogP contribution in [0.15, 0.2) is 64.3 Å². The number of hydrazone groups is 1.